The molecule has 3 heterocycles. The van der Waals surface area contributed by atoms with Crippen LogP contribution >= 0.6 is 11.3 Å². The van der Waals surface area contributed by atoms with Crippen LogP contribution in [0.1, 0.15) is 28.9 Å². The SMILES string of the molecule is O=C(NCc1ccc(N2CCCC2=O)cc1)c1csc(-c2cnn(-c3ccccc3)c2)n1. The molecule has 160 valence electrons. The lowest BCUT2D eigenvalue weighted by molar-refractivity contribution is -0.117. The van der Waals surface area contributed by atoms with Gasteiger partial charge in [0.15, 0.2) is 0 Å². The first-order chi connectivity index (χ1) is 15.7. The zero-order valence-electron chi connectivity index (χ0n) is 17.3. The van der Waals surface area contributed by atoms with Crippen molar-refractivity contribution < 1.29 is 9.59 Å². The lowest BCUT2D eigenvalue weighted by atomic mass is 10.2. The molecule has 1 aliphatic rings. The van der Waals surface area contributed by atoms with E-state index in [0.29, 0.717) is 18.7 Å². The van der Waals surface area contributed by atoms with Crippen LogP contribution in [0.25, 0.3) is 16.3 Å². The van der Waals surface area contributed by atoms with E-state index < -0.39 is 0 Å². The number of nitrogens with one attached hydrogen (secondary N) is 1. The van der Waals surface area contributed by atoms with Gasteiger partial charge in [-0.2, -0.15) is 5.10 Å². The Morgan fingerprint density at radius 3 is 2.62 bits per heavy atom. The number of amides is 2. The highest BCUT2D eigenvalue weighted by atomic mass is 32.1. The van der Waals surface area contributed by atoms with Gasteiger partial charge >= 0.3 is 0 Å². The second kappa shape index (κ2) is 8.76. The molecule has 8 heteroatoms. The Bertz CT molecular complexity index is 1250. The number of carbonyl (C=O) groups is 2. The van der Waals surface area contributed by atoms with Gasteiger partial charge < -0.3 is 10.2 Å². The number of para-hydroxylation sites is 1. The molecule has 32 heavy (non-hydrogen) atoms. The van der Waals surface area contributed by atoms with E-state index in [1.54, 1.807) is 21.2 Å². The Hall–Kier alpha value is -3.78. The Morgan fingerprint density at radius 2 is 1.88 bits per heavy atom. The molecule has 7 nitrogen and oxygen atoms in total. The number of aromatic nitrogens is 3. The van der Waals surface area contributed by atoms with Crippen LogP contribution in [-0.4, -0.2) is 33.1 Å². The van der Waals surface area contributed by atoms with Gasteiger partial charge in [-0.1, -0.05) is 30.3 Å². The minimum Gasteiger partial charge on any atom is -0.347 e. The molecule has 5 rings (SSSR count). The van der Waals surface area contributed by atoms with Crippen molar-refractivity contribution in [1.82, 2.24) is 20.1 Å². The molecule has 0 unspecified atom stereocenters. The van der Waals surface area contributed by atoms with E-state index >= 15 is 0 Å². The van der Waals surface area contributed by atoms with E-state index in [1.165, 1.54) is 11.3 Å². The maximum Gasteiger partial charge on any atom is 0.271 e. The highest BCUT2D eigenvalue weighted by molar-refractivity contribution is 7.13. The number of rotatable bonds is 6. The van der Waals surface area contributed by atoms with Crippen molar-refractivity contribution in [3.63, 3.8) is 0 Å². The fourth-order valence-corrected chi connectivity index (χ4v) is 4.43. The molecule has 1 N–H and O–H groups in total. The number of carbonyl (C=O) groups excluding carboxylic acids is 2. The zero-order chi connectivity index (χ0) is 21.9. The van der Waals surface area contributed by atoms with Crippen LogP contribution in [0.5, 0.6) is 0 Å². The third kappa shape index (κ3) is 4.17. The van der Waals surface area contributed by atoms with Crippen LogP contribution in [0.4, 0.5) is 5.69 Å². The maximum absolute atomic E-state index is 12.6. The Balaban J connectivity index is 1.21. The fourth-order valence-electron chi connectivity index (χ4n) is 3.65. The summed E-state index contributed by atoms with van der Waals surface area (Å²) in [6, 6.07) is 17.6. The number of hydrogen-bond donors (Lipinski definition) is 1. The van der Waals surface area contributed by atoms with Crippen molar-refractivity contribution >= 4 is 28.8 Å². The molecule has 1 fully saturated rings. The molecule has 0 bridgehead atoms. The molecule has 0 atom stereocenters. The Morgan fingerprint density at radius 1 is 1.06 bits per heavy atom. The van der Waals surface area contributed by atoms with Crippen molar-refractivity contribution in [3.8, 4) is 16.3 Å². The van der Waals surface area contributed by atoms with Crippen LogP contribution in [0, 0.1) is 0 Å². The summed E-state index contributed by atoms with van der Waals surface area (Å²) >= 11 is 1.41. The van der Waals surface area contributed by atoms with Gasteiger partial charge in [0.2, 0.25) is 5.91 Å². The quantitative estimate of drug-likeness (QED) is 0.488. The highest BCUT2D eigenvalue weighted by Crippen LogP contribution is 2.25. The van der Waals surface area contributed by atoms with Crippen molar-refractivity contribution in [3.05, 3.63) is 83.6 Å². The summed E-state index contributed by atoms with van der Waals surface area (Å²) in [4.78, 5) is 30.7. The fraction of sp³-hybridized carbons (Fsp3) is 0.167. The highest BCUT2D eigenvalue weighted by Gasteiger charge is 2.21. The van der Waals surface area contributed by atoms with Gasteiger partial charge in [-0.05, 0) is 36.2 Å². The van der Waals surface area contributed by atoms with Gasteiger partial charge in [-0.15, -0.1) is 11.3 Å². The molecule has 2 aromatic carbocycles. The van der Waals surface area contributed by atoms with Gasteiger partial charge in [-0.3, -0.25) is 9.59 Å². The predicted octanol–water partition coefficient (Wildman–Crippen LogP) is 4.05. The first-order valence-electron chi connectivity index (χ1n) is 10.4. The van der Waals surface area contributed by atoms with Crippen molar-refractivity contribution in [2.24, 2.45) is 0 Å². The summed E-state index contributed by atoms with van der Waals surface area (Å²) in [6.45, 7) is 1.16. The third-order valence-corrected chi connectivity index (χ3v) is 6.25. The van der Waals surface area contributed by atoms with Crippen LogP contribution in [-0.2, 0) is 11.3 Å². The first-order valence-corrected chi connectivity index (χ1v) is 11.3. The number of anilines is 1. The largest absolute Gasteiger partial charge is 0.347 e. The van der Waals surface area contributed by atoms with E-state index in [0.717, 1.165) is 40.5 Å². The molecule has 1 saturated heterocycles. The third-order valence-electron chi connectivity index (χ3n) is 5.36. The second-order valence-corrected chi connectivity index (χ2v) is 8.40. The summed E-state index contributed by atoms with van der Waals surface area (Å²) in [6.07, 6.45) is 5.17. The van der Waals surface area contributed by atoms with Crippen molar-refractivity contribution in [2.45, 2.75) is 19.4 Å². The molecular formula is C24H21N5O2S. The molecular weight excluding hydrogens is 422 g/mol. The van der Waals surface area contributed by atoms with E-state index in [1.807, 2.05) is 60.8 Å². The average molecular weight is 444 g/mol. The summed E-state index contributed by atoms with van der Waals surface area (Å²) in [5.41, 5.74) is 4.09. The molecule has 0 aliphatic carbocycles. The van der Waals surface area contributed by atoms with Crippen molar-refractivity contribution in [2.75, 3.05) is 11.4 Å². The van der Waals surface area contributed by atoms with Gasteiger partial charge in [0, 0.05) is 42.3 Å². The topological polar surface area (TPSA) is 80.1 Å². The molecule has 1 aliphatic heterocycles. The number of nitrogens with zero attached hydrogens (tertiary/aromatic N) is 4. The smallest absolute Gasteiger partial charge is 0.271 e. The van der Waals surface area contributed by atoms with Crippen molar-refractivity contribution in [1.29, 1.82) is 0 Å². The van der Waals surface area contributed by atoms with Gasteiger partial charge in [0.25, 0.3) is 5.91 Å². The Labute approximate surface area is 189 Å². The Kier molecular flexibility index (Phi) is 5.51. The number of benzene rings is 2. The van der Waals surface area contributed by atoms with E-state index in [4.69, 9.17) is 0 Å². The standard InChI is InChI=1S/C24H21N5O2S/c30-22-7-4-12-28(22)19-10-8-17(9-11-19)13-25-23(31)21-16-32-24(27-21)18-14-26-29(15-18)20-5-2-1-3-6-20/h1-3,5-6,8-11,14-16H,4,7,12-13H2,(H,25,31). The molecule has 0 saturated carbocycles. The lowest BCUT2D eigenvalue weighted by Crippen LogP contribution is -2.24. The van der Waals surface area contributed by atoms with Crippen LogP contribution < -0.4 is 10.2 Å². The van der Waals surface area contributed by atoms with Gasteiger partial charge in [0.05, 0.1) is 11.9 Å². The van der Waals surface area contributed by atoms with Gasteiger partial charge in [-0.25, -0.2) is 9.67 Å². The van der Waals surface area contributed by atoms with Crippen LogP contribution in [0.15, 0.2) is 72.4 Å². The lowest BCUT2D eigenvalue weighted by Gasteiger charge is -2.16. The molecule has 0 radical (unpaired) electrons. The maximum atomic E-state index is 12.6. The summed E-state index contributed by atoms with van der Waals surface area (Å²) in [5.74, 6) is -0.0542. The van der Waals surface area contributed by atoms with E-state index in [9.17, 15) is 9.59 Å². The molecule has 2 amide bonds. The minimum absolute atomic E-state index is 0.166. The van der Waals surface area contributed by atoms with Crippen LogP contribution in [0.3, 0.4) is 0 Å². The zero-order valence-corrected chi connectivity index (χ0v) is 18.1. The first kappa shape index (κ1) is 20.1. The molecule has 4 aromatic rings. The number of thiazole rings is 1. The normalized spacial score (nSPS) is 13.5. The van der Waals surface area contributed by atoms with Gasteiger partial charge in [0.1, 0.15) is 10.7 Å². The summed E-state index contributed by atoms with van der Waals surface area (Å²) in [5, 5.41) is 9.81. The van der Waals surface area contributed by atoms with Crippen LogP contribution in [0.2, 0.25) is 0 Å². The summed E-state index contributed by atoms with van der Waals surface area (Å²) < 4.78 is 1.79. The predicted molar refractivity (Wildman–Crippen MR) is 124 cm³/mol. The molecule has 2 aromatic heterocycles. The second-order valence-electron chi connectivity index (χ2n) is 7.55. The van der Waals surface area contributed by atoms with E-state index in [2.05, 4.69) is 15.4 Å². The minimum atomic E-state index is -0.221. The average Bonchev–Trinajstić information content (AvgIpc) is 3.59. The number of hydrogen-bond acceptors (Lipinski definition) is 5. The molecule has 0 spiro atoms. The van der Waals surface area contributed by atoms with E-state index in [-0.39, 0.29) is 11.8 Å². The monoisotopic (exact) mass is 443 g/mol. The summed E-state index contributed by atoms with van der Waals surface area (Å²) in [7, 11) is 0.